The van der Waals surface area contributed by atoms with E-state index in [1.807, 2.05) is 55.5 Å². The van der Waals surface area contributed by atoms with Crippen molar-refractivity contribution in [3.8, 4) is 0 Å². The third-order valence-electron chi connectivity index (χ3n) is 6.08. The van der Waals surface area contributed by atoms with Gasteiger partial charge in [-0.1, -0.05) is 36.8 Å². The molecule has 0 amide bonds. The molecule has 1 aromatic heterocycles. The Morgan fingerprint density at radius 2 is 1.68 bits per heavy atom. The summed E-state index contributed by atoms with van der Waals surface area (Å²) < 4.78 is 2.25. The highest BCUT2D eigenvalue weighted by Crippen LogP contribution is 2.23. The molecule has 9 nitrogen and oxygen atoms in total. The summed E-state index contributed by atoms with van der Waals surface area (Å²) in [6, 6.07) is 15.5. The minimum Gasteiger partial charge on any atom is -0.481 e. The van der Waals surface area contributed by atoms with Gasteiger partial charge in [0.2, 0.25) is 5.95 Å². The Morgan fingerprint density at radius 1 is 1.03 bits per heavy atom. The maximum atomic E-state index is 13.3. The average molecular weight is 464 g/mol. The smallest absolute Gasteiger partial charge is 0.354 e. The van der Waals surface area contributed by atoms with Crippen LogP contribution in [0.4, 0.5) is 17.3 Å². The molecule has 0 unspecified atom stereocenters. The van der Waals surface area contributed by atoms with E-state index >= 15 is 0 Å². The molecule has 1 atom stereocenters. The molecule has 0 spiro atoms. The number of carboxylic acids is 1. The van der Waals surface area contributed by atoms with Crippen molar-refractivity contribution in [2.75, 3.05) is 23.3 Å². The van der Waals surface area contributed by atoms with Crippen molar-refractivity contribution in [1.82, 2.24) is 14.1 Å². The summed E-state index contributed by atoms with van der Waals surface area (Å²) in [6.07, 6.45) is 2.37. The maximum absolute atomic E-state index is 13.3. The molecule has 0 saturated carbocycles. The van der Waals surface area contributed by atoms with Crippen molar-refractivity contribution >= 4 is 23.3 Å². The van der Waals surface area contributed by atoms with Crippen molar-refractivity contribution in [3.63, 3.8) is 0 Å². The van der Waals surface area contributed by atoms with E-state index in [2.05, 4.69) is 15.2 Å². The lowest BCUT2D eigenvalue weighted by molar-refractivity contribution is -0.141. The molecule has 4 rings (SSSR count). The van der Waals surface area contributed by atoms with Crippen molar-refractivity contribution in [1.29, 1.82) is 0 Å². The highest BCUT2D eigenvalue weighted by molar-refractivity contribution is 5.69. The van der Waals surface area contributed by atoms with Crippen molar-refractivity contribution in [3.05, 3.63) is 80.6 Å². The van der Waals surface area contributed by atoms with Crippen LogP contribution in [0.5, 0.6) is 0 Å². The van der Waals surface area contributed by atoms with Gasteiger partial charge in [-0.3, -0.25) is 9.36 Å². The Hall–Kier alpha value is -3.88. The first-order valence-corrected chi connectivity index (χ1v) is 11.4. The standard InChI is InChI=1S/C25H29N5O4/c1-17-5-7-19(8-6-17)16-29-23(27-24(33)30(25(29)34)15-18(2)22(31)32)26-20-9-11-21(12-10-20)28-13-3-4-14-28/h5-12,18H,3-4,13-16H2,1-2H3,(H,31,32)(H,26,27,33)/t18-/m0/s1. The highest BCUT2D eigenvalue weighted by atomic mass is 16.4. The van der Waals surface area contributed by atoms with Gasteiger partial charge in [-0.25, -0.2) is 14.2 Å². The molecule has 2 heterocycles. The highest BCUT2D eigenvalue weighted by Gasteiger charge is 2.19. The number of benzene rings is 2. The van der Waals surface area contributed by atoms with Crippen LogP contribution in [0, 0.1) is 12.8 Å². The van der Waals surface area contributed by atoms with Gasteiger partial charge in [0.05, 0.1) is 12.5 Å². The number of hydrogen-bond donors (Lipinski definition) is 2. The molecule has 2 aromatic carbocycles. The van der Waals surface area contributed by atoms with Crippen molar-refractivity contribution < 1.29 is 9.90 Å². The molecule has 1 aliphatic heterocycles. The summed E-state index contributed by atoms with van der Waals surface area (Å²) in [5.41, 5.74) is 2.39. The number of nitrogens with one attached hydrogen (secondary N) is 1. The number of nitrogens with zero attached hydrogens (tertiary/aromatic N) is 4. The summed E-state index contributed by atoms with van der Waals surface area (Å²) in [4.78, 5) is 43.7. The topological polar surface area (TPSA) is 109 Å². The van der Waals surface area contributed by atoms with Gasteiger partial charge in [-0.05, 0) is 49.6 Å². The molecule has 1 aliphatic rings. The number of rotatable bonds is 8. The number of anilines is 3. The van der Waals surface area contributed by atoms with Crippen LogP contribution in [0.25, 0.3) is 0 Å². The lowest BCUT2D eigenvalue weighted by atomic mass is 10.1. The molecule has 1 fully saturated rings. The van der Waals surface area contributed by atoms with Gasteiger partial charge >= 0.3 is 17.3 Å². The molecule has 0 radical (unpaired) electrons. The van der Waals surface area contributed by atoms with E-state index in [4.69, 9.17) is 0 Å². The van der Waals surface area contributed by atoms with E-state index < -0.39 is 23.3 Å². The van der Waals surface area contributed by atoms with E-state index in [1.54, 1.807) is 0 Å². The van der Waals surface area contributed by atoms with Crippen molar-refractivity contribution in [2.45, 2.75) is 39.8 Å². The zero-order valence-electron chi connectivity index (χ0n) is 19.4. The first-order valence-electron chi connectivity index (χ1n) is 11.4. The lowest BCUT2D eigenvalue weighted by Crippen LogP contribution is -2.44. The number of carbonyl (C=O) groups is 1. The van der Waals surface area contributed by atoms with E-state index in [9.17, 15) is 19.5 Å². The van der Waals surface area contributed by atoms with Crippen LogP contribution in [0.15, 0.2) is 58.1 Å². The predicted octanol–water partition coefficient (Wildman–Crippen LogP) is 2.83. The van der Waals surface area contributed by atoms with Gasteiger partial charge in [-0.2, -0.15) is 4.98 Å². The average Bonchev–Trinajstić information content (AvgIpc) is 3.36. The number of aromatic nitrogens is 3. The molecule has 0 bridgehead atoms. The third kappa shape index (κ3) is 5.19. The quantitative estimate of drug-likeness (QED) is 0.529. The summed E-state index contributed by atoms with van der Waals surface area (Å²) >= 11 is 0. The fourth-order valence-corrected chi connectivity index (χ4v) is 4.01. The van der Waals surface area contributed by atoms with Crippen LogP contribution in [0.2, 0.25) is 0 Å². The van der Waals surface area contributed by atoms with Crippen LogP contribution in [0.1, 0.15) is 30.9 Å². The second kappa shape index (κ2) is 9.94. The molecule has 178 valence electrons. The minimum atomic E-state index is -1.09. The Kier molecular flexibility index (Phi) is 6.81. The summed E-state index contributed by atoms with van der Waals surface area (Å²) in [5, 5.41) is 12.4. The number of aryl methyl sites for hydroxylation is 1. The Bertz CT molecular complexity index is 1270. The van der Waals surface area contributed by atoms with Crippen LogP contribution in [0.3, 0.4) is 0 Å². The second-order valence-corrected chi connectivity index (χ2v) is 8.79. The normalized spacial score (nSPS) is 14.2. The molecular formula is C25H29N5O4. The third-order valence-corrected chi connectivity index (χ3v) is 6.08. The zero-order valence-corrected chi connectivity index (χ0v) is 19.4. The van der Waals surface area contributed by atoms with Crippen LogP contribution >= 0.6 is 0 Å². The molecule has 1 saturated heterocycles. The zero-order chi connectivity index (χ0) is 24.2. The van der Waals surface area contributed by atoms with Crippen molar-refractivity contribution in [2.24, 2.45) is 5.92 Å². The first-order chi connectivity index (χ1) is 16.3. The summed E-state index contributed by atoms with van der Waals surface area (Å²) in [7, 11) is 0. The molecule has 0 aliphatic carbocycles. The second-order valence-electron chi connectivity index (χ2n) is 8.79. The minimum absolute atomic E-state index is 0.115. The summed E-state index contributed by atoms with van der Waals surface area (Å²) in [6.45, 7) is 5.44. The molecular weight excluding hydrogens is 434 g/mol. The summed E-state index contributed by atoms with van der Waals surface area (Å²) in [5.74, 6) is -1.88. The van der Waals surface area contributed by atoms with E-state index in [0.717, 1.165) is 34.5 Å². The number of aliphatic carboxylic acids is 1. The SMILES string of the molecule is Cc1ccc(Cn2c(Nc3ccc(N4CCCC4)cc3)nc(=O)n(C[C@H](C)C(=O)O)c2=O)cc1. The van der Waals surface area contributed by atoms with Crippen LogP contribution in [-0.4, -0.2) is 38.3 Å². The lowest BCUT2D eigenvalue weighted by Gasteiger charge is -2.19. The van der Waals surface area contributed by atoms with E-state index in [0.29, 0.717) is 5.69 Å². The van der Waals surface area contributed by atoms with Crippen LogP contribution < -0.4 is 21.6 Å². The van der Waals surface area contributed by atoms with Gasteiger partial charge in [0.1, 0.15) is 0 Å². The van der Waals surface area contributed by atoms with Gasteiger partial charge in [-0.15, -0.1) is 0 Å². The molecule has 2 N–H and O–H groups in total. The number of hydrogen-bond acceptors (Lipinski definition) is 6. The van der Waals surface area contributed by atoms with Gasteiger partial charge in [0.15, 0.2) is 0 Å². The molecule has 3 aromatic rings. The monoisotopic (exact) mass is 463 g/mol. The van der Waals surface area contributed by atoms with Gasteiger partial charge in [0, 0.05) is 31.0 Å². The molecule has 34 heavy (non-hydrogen) atoms. The predicted molar refractivity (Wildman–Crippen MR) is 131 cm³/mol. The maximum Gasteiger partial charge on any atom is 0.354 e. The Labute approximate surface area is 197 Å². The first kappa shape index (κ1) is 23.3. The van der Waals surface area contributed by atoms with Gasteiger partial charge in [0.25, 0.3) is 0 Å². The van der Waals surface area contributed by atoms with Gasteiger partial charge < -0.3 is 15.3 Å². The Balaban J connectivity index is 1.69. The van der Waals surface area contributed by atoms with E-state index in [-0.39, 0.29) is 19.0 Å². The fourth-order valence-electron chi connectivity index (χ4n) is 4.01. The fraction of sp³-hybridized carbons (Fsp3) is 0.360. The largest absolute Gasteiger partial charge is 0.481 e. The number of carboxylic acid groups (broad SMARTS) is 1. The molecule has 9 heteroatoms. The Morgan fingerprint density at radius 3 is 2.29 bits per heavy atom. The van der Waals surface area contributed by atoms with E-state index in [1.165, 1.54) is 24.3 Å². The van der Waals surface area contributed by atoms with Crippen LogP contribution in [-0.2, 0) is 17.9 Å².